The van der Waals surface area contributed by atoms with Crippen LogP contribution in [0.15, 0.2) is 6.20 Å². The molecule has 1 aromatic rings. The van der Waals surface area contributed by atoms with E-state index in [4.69, 9.17) is 10.6 Å². The van der Waals surface area contributed by atoms with Gasteiger partial charge < -0.3 is 4.74 Å². The molecule has 3 N–H and O–H groups in total. The van der Waals surface area contributed by atoms with Gasteiger partial charge in [-0.15, -0.1) is 0 Å². The van der Waals surface area contributed by atoms with Crippen LogP contribution in [0.2, 0.25) is 0 Å². The quantitative estimate of drug-likeness (QED) is 0.620. The number of methoxy groups -OCH3 is 1. The van der Waals surface area contributed by atoms with Crippen LogP contribution in [0.3, 0.4) is 0 Å². The van der Waals surface area contributed by atoms with E-state index in [2.05, 4.69) is 17.3 Å². The van der Waals surface area contributed by atoms with Crippen molar-refractivity contribution in [2.45, 2.75) is 58.4 Å². The number of ether oxygens (including phenoxy) is 1. The van der Waals surface area contributed by atoms with Crippen LogP contribution in [0.25, 0.3) is 0 Å². The SMILES string of the molecule is COc1c(C)cnc(CC(CC2CCCC2)NN)c1C. The van der Waals surface area contributed by atoms with Gasteiger partial charge in [0.05, 0.1) is 7.11 Å². The Kier molecular flexibility index (Phi) is 5.38. The van der Waals surface area contributed by atoms with Gasteiger partial charge in [0.2, 0.25) is 0 Å². The molecule has 0 bridgehead atoms. The number of rotatable bonds is 6. The minimum Gasteiger partial charge on any atom is -0.496 e. The molecule has 20 heavy (non-hydrogen) atoms. The molecule has 1 unspecified atom stereocenters. The zero-order valence-corrected chi connectivity index (χ0v) is 12.9. The molecule has 0 spiro atoms. The summed E-state index contributed by atoms with van der Waals surface area (Å²) >= 11 is 0. The number of pyridine rings is 1. The predicted molar refractivity (Wildman–Crippen MR) is 81.7 cm³/mol. The minimum atomic E-state index is 0.303. The molecule has 0 aliphatic heterocycles. The molecule has 0 radical (unpaired) electrons. The Morgan fingerprint density at radius 3 is 2.70 bits per heavy atom. The lowest BCUT2D eigenvalue weighted by Gasteiger charge is -2.21. The molecule has 1 fully saturated rings. The van der Waals surface area contributed by atoms with E-state index < -0.39 is 0 Å². The molecule has 1 saturated carbocycles. The van der Waals surface area contributed by atoms with Crippen molar-refractivity contribution in [1.82, 2.24) is 10.4 Å². The second kappa shape index (κ2) is 7.04. The Labute approximate surface area is 122 Å². The maximum atomic E-state index is 5.74. The Morgan fingerprint density at radius 1 is 1.40 bits per heavy atom. The molecule has 1 heterocycles. The van der Waals surface area contributed by atoms with Gasteiger partial charge in [-0.3, -0.25) is 16.3 Å². The number of aromatic nitrogens is 1. The Hall–Kier alpha value is -1.13. The van der Waals surface area contributed by atoms with Crippen LogP contribution in [0.5, 0.6) is 5.75 Å². The summed E-state index contributed by atoms with van der Waals surface area (Å²) in [5, 5.41) is 0. The fourth-order valence-corrected chi connectivity index (χ4v) is 3.37. The van der Waals surface area contributed by atoms with Gasteiger partial charge in [0, 0.05) is 35.5 Å². The standard InChI is InChI=1S/C16H27N3O/c1-11-10-18-15(12(2)16(11)20-3)9-14(19-17)8-13-6-4-5-7-13/h10,13-14,19H,4-9,17H2,1-3H3. The predicted octanol–water partition coefficient (Wildman–Crippen LogP) is 2.66. The molecule has 1 aliphatic rings. The third-order valence-corrected chi connectivity index (χ3v) is 4.52. The van der Waals surface area contributed by atoms with Crippen molar-refractivity contribution in [2.75, 3.05) is 7.11 Å². The zero-order valence-electron chi connectivity index (χ0n) is 12.9. The highest BCUT2D eigenvalue weighted by Crippen LogP contribution is 2.30. The first-order valence-corrected chi connectivity index (χ1v) is 7.60. The molecule has 0 aromatic carbocycles. The smallest absolute Gasteiger partial charge is 0.128 e. The van der Waals surface area contributed by atoms with Crippen LogP contribution >= 0.6 is 0 Å². The van der Waals surface area contributed by atoms with E-state index in [0.717, 1.165) is 41.3 Å². The lowest BCUT2D eigenvalue weighted by Crippen LogP contribution is -2.38. The summed E-state index contributed by atoms with van der Waals surface area (Å²) in [7, 11) is 1.72. The van der Waals surface area contributed by atoms with Gasteiger partial charge in [-0.05, 0) is 26.2 Å². The van der Waals surface area contributed by atoms with Gasteiger partial charge in [0.1, 0.15) is 5.75 Å². The number of nitrogens with two attached hydrogens (primary N) is 1. The van der Waals surface area contributed by atoms with E-state index in [9.17, 15) is 0 Å². The first-order chi connectivity index (χ1) is 9.65. The Balaban J connectivity index is 2.06. The second-order valence-corrected chi connectivity index (χ2v) is 6.00. The van der Waals surface area contributed by atoms with Gasteiger partial charge in [0.25, 0.3) is 0 Å². The highest BCUT2D eigenvalue weighted by atomic mass is 16.5. The number of hydrogen-bond acceptors (Lipinski definition) is 4. The second-order valence-electron chi connectivity index (χ2n) is 6.00. The van der Waals surface area contributed by atoms with Crippen molar-refractivity contribution in [2.24, 2.45) is 11.8 Å². The van der Waals surface area contributed by atoms with Crippen LogP contribution in [-0.2, 0) is 6.42 Å². The molecule has 2 rings (SSSR count). The topological polar surface area (TPSA) is 60.2 Å². The fraction of sp³-hybridized carbons (Fsp3) is 0.688. The number of nitrogens with one attached hydrogen (secondary N) is 1. The van der Waals surface area contributed by atoms with Crippen molar-refractivity contribution in [3.05, 3.63) is 23.0 Å². The van der Waals surface area contributed by atoms with E-state index in [0.29, 0.717) is 6.04 Å². The van der Waals surface area contributed by atoms with Crippen LogP contribution in [0.1, 0.15) is 48.9 Å². The summed E-state index contributed by atoms with van der Waals surface area (Å²) in [5.41, 5.74) is 6.29. The molecular weight excluding hydrogens is 250 g/mol. The molecule has 112 valence electrons. The summed E-state index contributed by atoms with van der Waals surface area (Å²) < 4.78 is 5.47. The maximum absolute atomic E-state index is 5.74. The van der Waals surface area contributed by atoms with Gasteiger partial charge >= 0.3 is 0 Å². The van der Waals surface area contributed by atoms with Gasteiger partial charge in [-0.25, -0.2) is 0 Å². The van der Waals surface area contributed by atoms with Crippen molar-refractivity contribution >= 4 is 0 Å². The van der Waals surface area contributed by atoms with Gasteiger partial charge in [-0.1, -0.05) is 25.7 Å². The van der Waals surface area contributed by atoms with Crippen molar-refractivity contribution in [3.63, 3.8) is 0 Å². The third-order valence-electron chi connectivity index (χ3n) is 4.52. The molecule has 1 atom stereocenters. The fourth-order valence-electron chi connectivity index (χ4n) is 3.37. The molecule has 0 saturated heterocycles. The van der Waals surface area contributed by atoms with Crippen LogP contribution in [0, 0.1) is 19.8 Å². The highest BCUT2D eigenvalue weighted by molar-refractivity contribution is 5.41. The van der Waals surface area contributed by atoms with E-state index in [1.165, 1.54) is 25.7 Å². The van der Waals surface area contributed by atoms with Crippen molar-refractivity contribution in [1.29, 1.82) is 0 Å². The molecular formula is C16H27N3O. The summed E-state index contributed by atoms with van der Waals surface area (Å²) in [6.07, 6.45) is 9.35. The van der Waals surface area contributed by atoms with E-state index in [1.54, 1.807) is 7.11 Å². The third kappa shape index (κ3) is 3.49. The molecule has 1 aromatic heterocycles. The first kappa shape index (κ1) is 15.3. The lowest BCUT2D eigenvalue weighted by atomic mass is 9.94. The monoisotopic (exact) mass is 277 g/mol. The van der Waals surface area contributed by atoms with E-state index in [1.807, 2.05) is 13.1 Å². The molecule has 1 aliphatic carbocycles. The number of hydrogen-bond donors (Lipinski definition) is 2. The van der Waals surface area contributed by atoms with Crippen molar-refractivity contribution < 1.29 is 4.74 Å². The van der Waals surface area contributed by atoms with E-state index in [-0.39, 0.29) is 0 Å². The van der Waals surface area contributed by atoms with Crippen molar-refractivity contribution in [3.8, 4) is 5.75 Å². The Bertz CT molecular complexity index is 442. The Morgan fingerprint density at radius 2 is 2.10 bits per heavy atom. The zero-order chi connectivity index (χ0) is 14.5. The lowest BCUT2D eigenvalue weighted by molar-refractivity contribution is 0.383. The number of nitrogens with zero attached hydrogens (tertiary/aromatic N) is 1. The molecule has 4 nitrogen and oxygen atoms in total. The summed E-state index contributed by atoms with van der Waals surface area (Å²) in [6.45, 7) is 4.11. The van der Waals surface area contributed by atoms with Crippen LogP contribution in [-0.4, -0.2) is 18.1 Å². The molecule has 4 heteroatoms. The van der Waals surface area contributed by atoms with Gasteiger partial charge in [0.15, 0.2) is 0 Å². The average Bonchev–Trinajstić information content (AvgIpc) is 2.94. The average molecular weight is 277 g/mol. The van der Waals surface area contributed by atoms with Crippen LogP contribution < -0.4 is 16.0 Å². The largest absolute Gasteiger partial charge is 0.496 e. The normalized spacial score (nSPS) is 17.4. The summed E-state index contributed by atoms with van der Waals surface area (Å²) in [5.74, 6) is 7.51. The first-order valence-electron chi connectivity index (χ1n) is 7.60. The molecule has 0 amide bonds. The van der Waals surface area contributed by atoms with E-state index >= 15 is 0 Å². The van der Waals surface area contributed by atoms with Gasteiger partial charge in [-0.2, -0.15) is 0 Å². The van der Waals surface area contributed by atoms with Crippen LogP contribution in [0.4, 0.5) is 0 Å². The highest BCUT2D eigenvalue weighted by Gasteiger charge is 2.21. The minimum absolute atomic E-state index is 0.303. The maximum Gasteiger partial charge on any atom is 0.128 e. The number of hydrazine groups is 1. The summed E-state index contributed by atoms with van der Waals surface area (Å²) in [6, 6.07) is 0.303. The number of aryl methyl sites for hydroxylation is 1. The summed E-state index contributed by atoms with van der Waals surface area (Å²) in [4.78, 5) is 4.57.